The summed E-state index contributed by atoms with van der Waals surface area (Å²) in [6, 6.07) is 12.0. The molecule has 0 atom stereocenters. The number of anilines is 1. The zero-order valence-corrected chi connectivity index (χ0v) is 11.0. The van der Waals surface area contributed by atoms with Gasteiger partial charge in [-0.15, -0.1) is 0 Å². The van der Waals surface area contributed by atoms with E-state index in [2.05, 4.69) is 33.0 Å². The van der Waals surface area contributed by atoms with Gasteiger partial charge < -0.3 is 5.73 Å². The third-order valence-corrected chi connectivity index (χ3v) is 3.71. The highest BCUT2D eigenvalue weighted by atomic mass is 79.9. The maximum atomic E-state index is 5.82. The van der Waals surface area contributed by atoms with Gasteiger partial charge in [0.1, 0.15) is 5.03 Å². The van der Waals surface area contributed by atoms with Gasteiger partial charge in [0.25, 0.3) is 0 Å². The molecule has 0 unspecified atom stereocenters. The number of nitrogens with zero attached hydrogens (tertiary/aromatic N) is 1. The first kappa shape index (κ1) is 11.5. The highest BCUT2D eigenvalue weighted by Crippen LogP contribution is 2.25. The Hall–Kier alpha value is -1.00. The lowest BCUT2D eigenvalue weighted by molar-refractivity contribution is 1.14. The first-order valence-electron chi connectivity index (χ1n) is 4.83. The Bertz CT molecular complexity index is 471. The van der Waals surface area contributed by atoms with E-state index in [0.29, 0.717) is 0 Å². The molecule has 0 aliphatic heterocycles. The molecule has 2 nitrogen and oxygen atoms in total. The number of nitrogens with two attached hydrogens (primary N) is 1. The summed E-state index contributed by atoms with van der Waals surface area (Å²) in [5, 5.41) is 0.894. The Morgan fingerprint density at radius 2 is 1.94 bits per heavy atom. The summed E-state index contributed by atoms with van der Waals surface area (Å²) in [7, 11) is 0. The lowest BCUT2D eigenvalue weighted by Crippen LogP contribution is -1.91. The number of thioether (sulfide) groups is 1. The minimum Gasteiger partial charge on any atom is -0.397 e. The summed E-state index contributed by atoms with van der Waals surface area (Å²) in [6.45, 7) is 0. The molecule has 0 aliphatic carbocycles. The van der Waals surface area contributed by atoms with Crippen LogP contribution < -0.4 is 5.73 Å². The van der Waals surface area contributed by atoms with E-state index < -0.39 is 0 Å². The van der Waals surface area contributed by atoms with Crippen LogP contribution in [0.3, 0.4) is 0 Å². The van der Waals surface area contributed by atoms with Crippen molar-refractivity contribution in [2.24, 2.45) is 0 Å². The summed E-state index contributed by atoms with van der Waals surface area (Å²) in [5.74, 6) is 0.883. The predicted octanol–water partition coefficient (Wildman–Crippen LogP) is 3.72. The van der Waals surface area contributed by atoms with E-state index in [1.54, 1.807) is 18.0 Å². The Kier molecular flexibility index (Phi) is 3.85. The van der Waals surface area contributed by atoms with Crippen LogP contribution in [0.25, 0.3) is 0 Å². The molecule has 2 rings (SSSR count). The smallest absolute Gasteiger partial charge is 0.119 e. The van der Waals surface area contributed by atoms with Gasteiger partial charge in [0.05, 0.1) is 5.69 Å². The van der Waals surface area contributed by atoms with Crippen molar-refractivity contribution < 1.29 is 0 Å². The maximum Gasteiger partial charge on any atom is 0.119 e. The minimum atomic E-state index is 0.740. The lowest BCUT2D eigenvalue weighted by atomic mass is 10.2. The second kappa shape index (κ2) is 5.37. The van der Waals surface area contributed by atoms with Gasteiger partial charge in [-0.2, -0.15) is 0 Å². The summed E-state index contributed by atoms with van der Waals surface area (Å²) in [5.41, 5.74) is 7.82. The maximum absolute atomic E-state index is 5.82. The molecule has 2 N–H and O–H groups in total. The fourth-order valence-electron chi connectivity index (χ4n) is 1.26. The summed E-state index contributed by atoms with van der Waals surface area (Å²) < 4.78 is 1.10. The SMILES string of the molecule is Nc1cccnc1SCc1ccc(Br)cc1. The van der Waals surface area contributed by atoms with Crippen LogP contribution in [0.2, 0.25) is 0 Å². The van der Waals surface area contributed by atoms with Crippen molar-refractivity contribution in [1.82, 2.24) is 4.98 Å². The molecule has 0 spiro atoms. The van der Waals surface area contributed by atoms with Crippen molar-refractivity contribution in [1.29, 1.82) is 0 Å². The monoisotopic (exact) mass is 294 g/mol. The number of benzene rings is 1. The van der Waals surface area contributed by atoms with E-state index in [9.17, 15) is 0 Å². The normalized spacial score (nSPS) is 10.3. The van der Waals surface area contributed by atoms with Gasteiger partial charge in [-0.3, -0.25) is 0 Å². The van der Waals surface area contributed by atoms with Crippen LogP contribution in [0, 0.1) is 0 Å². The molecule has 0 fully saturated rings. The molecule has 1 aromatic carbocycles. The number of nitrogen functional groups attached to an aromatic ring is 1. The second-order valence-electron chi connectivity index (χ2n) is 3.31. The van der Waals surface area contributed by atoms with Gasteiger partial charge in [0.15, 0.2) is 0 Å². The van der Waals surface area contributed by atoms with Gasteiger partial charge in [0, 0.05) is 16.4 Å². The Balaban J connectivity index is 2.02. The van der Waals surface area contributed by atoms with Crippen LogP contribution in [0.15, 0.2) is 52.1 Å². The molecule has 0 amide bonds. The van der Waals surface area contributed by atoms with Crippen LogP contribution in [-0.4, -0.2) is 4.98 Å². The molecule has 1 aromatic heterocycles. The van der Waals surface area contributed by atoms with Crippen LogP contribution in [0.4, 0.5) is 5.69 Å². The lowest BCUT2D eigenvalue weighted by Gasteiger charge is -2.03. The van der Waals surface area contributed by atoms with Crippen LogP contribution in [-0.2, 0) is 5.75 Å². The van der Waals surface area contributed by atoms with Gasteiger partial charge in [-0.25, -0.2) is 4.98 Å². The van der Waals surface area contributed by atoms with E-state index in [-0.39, 0.29) is 0 Å². The molecule has 82 valence electrons. The molecule has 1 heterocycles. The predicted molar refractivity (Wildman–Crippen MR) is 72.4 cm³/mol. The molecular formula is C12H11BrN2S. The molecule has 0 saturated carbocycles. The van der Waals surface area contributed by atoms with Crippen molar-refractivity contribution in [3.05, 3.63) is 52.6 Å². The second-order valence-corrected chi connectivity index (χ2v) is 5.19. The number of aromatic nitrogens is 1. The third-order valence-electron chi connectivity index (χ3n) is 2.09. The zero-order valence-electron chi connectivity index (χ0n) is 8.56. The van der Waals surface area contributed by atoms with Crippen molar-refractivity contribution in [2.75, 3.05) is 5.73 Å². The van der Waals surface area contributed by atoms with Crippen LogP contribution in [0.5, 0.6) is 0 Å². The molecule has 0 bridgehead atoms. The Labute approximate surface area is 107 Å². The standard InChI is InChI=1S/C12H11BrN2S/c13-10-5-3-9(4-6-10)8-16-12-11(14)2-1-7-15-12/h1-7H,8,14H2. The number of rotatable bonds is 3. The van der Waals surface area contributed by atoms with Crippen LogP contribution >= 0.6 is 27.7 Å². The molecule has 0 saturated heterocycles. The van der Waals surface area contributed by atoms with Gasteiger partial charge in [-0.05, 0) is 29.8 Å². The Morgan fingerprint density at radius 3 is 2.62 bits per heavy atom. The van der Waals surface area contributed by atoms with Gasteiger partial charge >= 0.3 is 0 Å². The fraction of sp³-hybridized carbons (Fsp3) is 0.0833. The van der Waals surface area contributed by atoms with E-state index in [1.807, 2.05) is 24.3 Å². The van der Waals surface area contributed by atoms with Crippen LogP contribution in [0.1, 0.15) is 5.56 Å². The van der Waals surface area contributed by atoms with Crippen molar-refractivity contribution in [3.8, 4) is 0 Å². The molecule has 4 heteroatoms. The zero-order chi connectivity index (χ0) is 11.4. The van der Waals surface area contributed by atoms with Crippen molar-refractivity contribution >= 4 is 33.4 Å². The number of hydrogen-bond donors (Lipinski definition) is 1. The highest BCUT2D eigenvalue weighted by molar-refractivity contribution is 9.10. The summed E-state index contributed by atoms with van der Waals surface area (Å²) in [4.78, 5) is 4.24. The minimum absolute atomic E-state index is 0.740. The van der Waals surface area contributed by atoms with E-state index >= 15 is 0 Å². The molecular weight excluding hydrogens is 284 g/mol. The Morgan fingerprint density at radius 1 is 1.19 bits per heavy atom. The van der Waals surface area contributed by atoms with Crippen molar-refractivity contribution in [3.63, 3.8) is 0 Å². The largest absolute Gasteiger partial charge is 0.397 e. The average molecular weight is 295 g/mol. The van der Waals surface area contributed by atoms with Gasteiger partial charge in [0.2, 0.25) is 0 Å². The molecule has 0 aliphatic rings. The number of hydrogen-bond acceptors (Lipinski definition) is 3. The topological polar surface area (TPSA) is 38.9 Å². The molecule has 0 radical (unpaired) electrons. The van der Waals surface area contributed by atoms with E-state index in [4.69, 9.17) is 5.73 Å². The first-order valence-corrected chi connectivity index (χ1v) is 6.61. The van der Waals surface area contributed by atoms with E-state index in [1.165, 1.54) is 5.56 Å². The van der Waals surface area contributed by atoms with Gasteiger partial charge in [-0.1, -0.05) is 39.8 Å². The molecule has 16 heavy (non-hydrogen) atoms. The first-order chi connectivity index (χ1) is 7.75. The van der Waals surface area contributed by atoms with Crippen molar-refractivity contribution in [2.45, 2.75) is 10.8 Å². The number of halogens is 1. The fourth-order valence-corrected chi connectivity index (χ4v) is 2.39. The summed E-state index contributed by atoms with van der Waals surface area (Å²) in [6.07, 6.45) is 1.76. The quantitative estimate of drug-likeness (QED) is 0.877. The highest BCUT2D eigenvalue weighted by Gasteiger charge is 2.01. The van der Waals surface area contributed by atoms with E-state index in [0.717, 1.165) is 20.9 Å². The third kappa shape index (κ3) is 3.00. The molecule has 2 aromatic rings. The average Bonchev–Trinajstić information content (AvgIpc) is 2.30. The number of pyridine rings is 1. The summed E-state index contributed by atoms with van der Waals surface area (Å²) >= 11 is 5.07.